The number of nitrogens with one attached hydrogen (secondary N) is 1. The predicted molar refractivity (Wildman–Crippen MR) is 118 cm³/mol. The zero-order valence-corrected chi connectivity index (χ0v) is 18.5. The van der Waals surface area contributed by atoms with Gasteiger partial charge in [-0.15, -0.1) is 0 Å². The van der Waals surface area contributed by atoms with E-state index in [0.29, 0.717) is 22.9 Å². The summed E-state index contributed by atoms with van der Waals surface area (Å²) in [7, 11) is 1.52. The minimum absolute atomic E-state index is 0.201. The number of hydrogen-bond acceptors (Lipinski definition) is 7. The standard InChI is InChI=1S/C24H26FN3O4/c1-15-5-6-17(28-32-18-7-8-26-21(11-18)23(2,3)25)10-19(15)16-9-20(22(30-4)27-12-16)24(29)13-31-14-24/h5-12,28-29H,13-14H2,1-4H3. The molecule has 1 aromatic carbocycles. The van der Waals surface area contributed by atoms with Crippen LogP contribution in [0.4, 0.5) is 10.1 Å². The molecule has 0 amide bonds. The molecule has 0 spiro atoms. The molecule has 0 unspecified atom stereocenters. The molecule has 0 bridgehead atoms. The van der Waals surface area contributed by atoms with Crippen LogP contribution in [0.3, 0.4) is 0 Å². The molecule has 7 nitrogen and oxygen atoms in total. The lowest BCUT2D eigenvalue weighted by molar-refractivity contribution is -0.185. The van der Waals surface area contributed by atoms with E-state index in [1.165, 1.54) is 27.2 Å². The number of aliphatic hydroxyl groups is 1. The lowest BCUT2D eigenvalue weighted by Crippen LogP contribution is -2.46. The number of hydrogen-bond donors (Lipinski definition) is 2. The van der Waals surface area contributed by atoms with Crippen LogP contribution in [0.5, 0.6) is 11.6 Å². The number of halogens is 1. The van der Waals surface area contributed by atoms with Gasteiger partial charge in [-0.25, -0.2) is 14.9 Å². The Morgan fingerprint density at radius 3 is 2.59 bits per heavy atom. The third kappa shape index (κ3) is 4.37. The number of benzene rings is 1. The zero-order chi connectivity index (χ0) is 22.9. The zero-order valence-electron chi connectivity index (χ0n) is 18.5. The Balaban J connectivity index is 1.59. The molecule has 1 aliphatic rings. The molecule has 0 radical (unpaired) electrons. The van der Waals surface area contributed by atoms with Gasteiger partial charge in [0.25, 0.3) is 0 Å². The third-order valence-corrected chi connectivity index (χ3v) is 5.40. The summed E-state index contributed by atoms with van der Waals surface area (Å²) < 4.78 is 24.7. The Hall–Kier alpha value is -3.23. The highest BCUT2D eigenvalue weighted by molar-refractivity contribution is 5.72. The lowest BCUT2D eigenvalue weighted by Gasteiger charge is -2.37. The molecule has 4 rings (SSSR count). The van der Waals surface area contributed by atoms with E-state index in [-0.39, 0.29) is 18.9 Å². The molecular formula is C24H26FN3O4. The third-order valence-electron chi connectivity index (χ3n) is 5.40. The van der Waals surface area contributed by atoms with E-state index >= 15 is 0 Å². The molecule has 0 atom stereocenters. The summed E-state index contributed by atoms with van der Waals surface area (Å²) >= 11 is 0. The van der Waals surface area contributed by atoms with Crippen molar-refractivity contribution < 1.29 is 23.8 Å². The highest BCUT2D eigenvalue weighted by Crippen LogP contribution is 2.38. The van der Waals surface area contributed by atoms with Crippen molar-refractivity contribution in [1.29, 1.82) is 0 Å². The number of aromatic nitrogens is 2. The maximum Gasteiger partial charge on any atom is 0.219 e. The fourth-order valence-corrected chi connectivity index (χ4v) is 3.46. The number of aryl methyl sites for hydroxylation is 1. The molecule has 3 heterocycles. The van der Waals surface area contributed by atoms with Gasteiger partial charge in [-0.3, -0.25) is 4.98 Å². The van der Waals surface area contributed by atoms with E-state index in [4.69, 9.17) is 14.3 Å². The van der Waals surface area contributed by atoms with Crippen LogP contribution < -0.4 is 15.1 Å². The van der Waals surface area contributed by atoms with E-state index in [0.717, 1.165) is 16.7 Å². The average Bonchev–Trinajstić information content (AvgIpc) is 2.76. The van der Waals surface area contributed by atoms with Gasteiger partial charge in [-0.2, -0.15) is 0 Å². The van der Waals surface area contributed by atoms with Gasteiger partial charge < -0.3 is 19.4 Å². The van der Waals surface area contributed by atoms with Crippen LogP contribution in [0.2, 0.25) is 0 Å². The maximum absolute atomic E-state index is 14.2. The summed E-state index contributed by atoms with van der Waals surface area (Å²) in [6.07, 6.45) is 3.21. The molecule has 8 heteroatoms. The molecule has 0 saturated carbocycles. The average molecular weight is 439 g/mol. The van der Waals surface area contributed by atoms with Crippen molar-refractivity contribution in [3.05, 3.63) is 65.6 Å². The molecule has 1 aliphatic heterocycles. The van der Waals surface area contributed by atoms with Crippen molar-refractivity contribution in [2.75, 3.05) is 25.8 Å². The van der Waals surface area contributed by atoms with E-state index in [2.05, 4.69) is 15.4 Å². The first-order chi connectivity index (χ1) is 15.2. The highest BCUT2D eigenvalue weighted by atomic mass is 19.1. The van der Waals surface area contributed by atoms with Crippen LogP contribution in [0.1, 0.15) is 30.7 Å². The lowest BCUT2D eigenvalue weighted by atomic mass is 9.90. The van der Waals surface area contributed by atoms with E-state index in [1.54, 1.807) is 18.3 Å². The van der Waals surface area contributed by atoms with Gasteiger partial charge in [0.1, 0.15) is 11.3 Å². The second kappa shape index (κ2) is 8.37. The Bertz CT molecular complexity index is 1130. The van der Waals surface area contributed by atoms with Gasteiger partial charge in [-0.1, -0.05) is 6.07 Å². The Kier molecular flexibility index (Phi) is 5.75. The van der Waals surface area contributed by atoms with Gasteiger partial charge >= 0.3 is 0 Å². The fourth-order valence-electron chi connectivity index (χ4n) is 3.46. The Labute approximate surface area is 186 Å². The summed E-state index contributed by atoms with van der Waals surface area (Å²) in [6, 6.07) is 10.8. The van der Waals surface area contributed by atoms with Crippen LogP contribution in [0.25, 0.3) is 11.1 Å². The largest absolute Gasteiger partial charge is 0.481 e. The second-order valence-corrected chi connectivity index (χ2v) is 8.39. The summed E-state index contributed by atoms with van der Waals surface area (Å²) in [5, 5.41) is 10.8. The maximum atomic E-state index is 14.2. The molecule has 168 valence electrons. The van der Waals surface area contributed by atoms with E-state index in [1.807, 2.05) is 31.2 Å². The molecule has 2 aromatic heterocycles. The monoisotopic (exact) mass is 439 g/mol. The van der Waals surface area contributed by atoms with E-state index in [9.17, 15) is 9.50 Å². The van der Waals surface area contributed by atoms with Crippen molar-refractivity contribution in [1.82, 2.24) is 9.97 Å². The van der Waals surface area contributed by atoms with Crippen molar-refractivity contribution in [2.45, 2.75) is 32.0 Å². The van der Waals surface area contributed by atoms with Crippen LogP contribution in [0.15, 0.2) is 48.8 Å². The summed E-state index contributed by atoms with van der Waals surface area (Å²) in [5.41, 5.74) is 4.58. The number of rotatable bonds is 7. The van der Waals surface area contributed by atoms with Crippen LogP contribution in [-0.4, -0.2) is 35.4 Å². The first-order valence-corrected chi connectivity index (χ1v) is 10.2. The second-order valence-electron chi connectivity index (χ2n) is 8.39. The molecule has 32 heavy (non-hydrogen) atoms. The van der Waals surface area contributed by atoms with Crippen molar-refractivity contribution in [3.63, 3.8) is 0 Å². The number of methoxy groups -OCH3 is 1. The summed E-state index contributed by atoms with van der Waals surface area (Å²) in [6.45, 7) is 5.28. The van der Waals surface area contributed by atoms with Gasteiger partial charge in [0.15, 0.2) is 5.75 Å². The summed E-state index contributed by atoms with van der Waals surface area (Å²) in [4.78, 5) is 14.1. The van der Waals surface area contributed by atoms with Gasteiger partial charge in [-0.05, 0) is 50.1 Å². The molecular weight excluding hydrogens is 413 g/mol. The van der Waals surface area contributed by atoms with Crippen molar-refractivity contribution in [3.8, 4) is 22.8 Å². The Morgan fingerprint density at radius 1 is 1.16 bits per heavy atom. The highest BCUT2D eigenvalue weighted by Gasteiger charge is 2.41. The smallest absolute Gasteiger partial charge is 0.219 e. The number of ether oxygens (including phenoxy) is 2. The topological polar surface area (TPSA) is 85.7 Å². The minimum atomic E-state index is -1.56. The van der Waals surface area contributed by atoms with Gasteiger partial charge in [0, 0.05) is 30.1 Å². The Morgan fingerprint density at radius 2 is 1.94 bits per heavy atom. The van der Waals surface area contributed by atoms with Crippen molar-refractivity contribution in [2.24, 2.45) is 0 Å². The molecule has 2 N–H and O–H groups in total. The number of alkyl halides is 1. The van der Waals surface area contributed by atoms with Crippen LogP contribution in [0, 0.1) is 6.92 Å². The van der Waals surface area contributed by atoms with Crippen molar-refractivity contribution >= 4 is 5.69 Å². The molecule has 1 fully saturated rings. The number of anilines is 1. The predicted octanol–water partition coefficient (Wildman–Crippen LogP) is 4.29. The molecule has 0 aliphatic carbocycles. The fraction of sp³-hybridized carbons (Fsp3) is 0.333. The van der Waals surface area contributed by atoms with Crippen LogP contribution in [-0.2, 0) is 16.0 Å². The molecule has 3 aromatic rings. The number of pyridine rings is 2. The molecule has 1 saturated heterocycles. The van der Waals surface area contributed by atoms with E-state index < -0.39 is 11.3 Å². The van der Waals surface area contributed by atoms with Gasteiger partial charge in [0.2, 0.25) is 5.88 Å². The number of nitrogens with zero attached hydrogens (tertiary/aromatic N) is 2. The minimum Gasteiger partial charge on any atom is -0.481 e. The summed E-state index contributed by atoms with van der Waals surface area (Å²) in [5.74, 6) is 0.822. The van der Waals surface area contributed by atoms with Crippen LogP contribution >= 0.6 is 0 Å². The quantitative estimate of drug-likeness (QED) is 0.531. The first-order valence-electron chi connectivity index (χ1n) is 10.2. The normalized spacial score (nSPS) is 15.1. The first kappa shape index (κ1) is 22.0. The van der Waals surface area contributed by atoms with Gasteiger partial charge in [0.05, 0.1) is 37.3 Å². The SMILES string of the molecule is COc1ncc(-c2cc(NOc3ccnc(C(C)(C)F)c3)ccc2C)cc1C1(O)COC1.